The van der Waals surface area contributed by atoms with Gasteiger partial charge in [-0.15, -0.1) is 0 Å². The standard InChI is InChI=1S/C6H11N3O/c7-10-5-1-2-6-8-3-4-9-6/h3-4H,1-2,5,7H2,(H,8,9). The van der Waals surface area contributed by atoms with Gasteiger partial charge in [0.05, 0.1) is 6.61 Å². The molecule has 56 valence electrons. The number of hydrogen-bond acceptors (Lipinski definition) is 3. The molecule has 4 heteroatoms. The summed E-state index contributed by atoms with van der Waals surface area (Å²) in [6.45, 7) is 0.584. The largest absolute Gasteiger partial charge is 0.349 e. The quantitative estimate of drug-likeness (QED) is 0.466. The fraction of sp³-hybridized carbons (Fsp3) is 0.500. The van der Waals surface area contributed by atoms with E-state index in [0.717, 1.165) is 18.7 Å². The summed E-state index contributed by atoms with van der Waals surface area (Å²) in [5.41, 5.74) is 0. The van der Waals surface area contributed by atoms with Crippen LogP contribution in [0.5, 0.6) is 0 Å². The zero-order valence-corrected chi connectivity index (χ0v) is 5.71. The van der Waals surface area contributed by atoms with Crippen molar-refractivity contribution in [1.29, 1.82) is 0 Å². The molecular weight excluding hydrogens is 130 g/mol. The minimum Gasteiger partial charge on any atom is -0.349 e. The summed E-state index contributed by atoms with van der Waals surface area (Å²) < 4.78 is 0. The molecule has 0 saturated heterocycles. The van der Waals surface area contributed by atoms with Crippen molar-refractivity contribution in [1.82, 2.24) is 9.97 Å². The number of aryl methyl sites for hydroxylation is 1. The first kappa shape index (κ1) is 7.24. The summed E-state index contributed by atoms with van der Waals surface area (Å²) in [7, 11) is 0. The molecule has 0 atom stereocenters. The Hall–Kier alpha value is -0.870. The molecule has 0 saturated carbocycles. The molecule has 0 aromatic carbocycles. The van der Waals surface area contributed by atoms with Gasteiger partial charge >= 0.3 is 0 Å². The van der Waals surface area contributed by atoms with E-state index >= 15 is 0 Å². The molecule has 1 aromatic rings. The van der Waals surface area contributed by atoms with Crippen LogP contribution in [0, 0.1) is 0 Å². The van der Waals surface area contributed by atoms with E-state index in [1.54, 1.807) is 12.4 Å². The third-order valence-electron chi connectivity index (χ3n) is 1.23. The normalized spacial score (nSPS) is 10.1. The average molecular weight is 141 g/mol. The summed E-state index contributed by atoms with van der Waals surface area (Å²) in [6.07, 6.45) is 5.34. The molecule has 0 aliphatic heterocycles. The van der Waals surface area contributed by atoms with Crippen molar-refractivity contribution < 1.29 is 4.84 Å². The Morgan fingerprint density at radius 1 is 1.70 bits per heavy atom. The van der Waals surface area contributed by atoms with Crippen LogP contribution in [0.25, 0.3) is 0 Å². The molecule has 0 amide bonds. The third kappa shape index (κ3) is 2.16. The summed E-state index contributed by atoms with van der Waals surface area (Å²) >= 11 is 0. The number of nitrogens with one attached hydrogen (secondary N) is 1. The maximum absolute atomic E-state index is 4.84. The lowest BCUT2D eigenvalue weighted by molar-refractivity contribution is 0.135. The first-order valence-electron chi connectivity index (χ1n) is 3.23. The molecule has 4 nitrogen and oxygen atoms in total. The van der Waals surface area contributed by atoms with Crippen LogP contribution < -0.4 is 5.90 Å². The van der Waals surface area contributed by atoms with Gasteiger partial charge in [-0.05, 0) is 6.42 Å². The lowest BCUT2D eigenvalue weighted by Crippen LogP contribution is -2.02. The van der Waals surface area contributed by atoms with E-state index in [2.05, 4.69) is 14.8 Å². The van der Waals surface area contributed by atoms with E-state index < -0.39 is 0 Å². The number of hydrogen-bond donors (Lipinski definition) is 2. The second-order valence-electron chi connectivity index (χ2n) is 2.01. The summed E-state index contributed by atoms with van der Waals surface area (Å²) in [4.78, 5) is 11.4. The molecule has 1 heterocycles. The van der Waals surface area contributed by atoms with Crippen LogP contribution in [0.2, 0.25) is 0 Å². The van der Waals surface area contributed by atoms with Crippen LogP contribution in [0.15, 0.2) is 12.4 Å². The fourth-order valence-electron chi connectivity index (χ4n) is 0.758. The molecule has 0 fully saturated rings. The average Bonchev–Trinajstić information content (AvgIpc) is 2.41. The number of aromatic amines is 1. The van der Waals surface area contributed by atoms with Crippen LogP contribution in [-0.4, -0.2) is 16.6 Å². The first-order valence-corrected chi connectivity index (χ1v) is 3.23. The Bertz CT molecular complexity index is 162. The van der Waals surface area contributed by atoms with Crippen molar-refractivity contribution in [2.75, 3.05) is 6.61 Å². The molecular formula is C6H11N3O. The molecule has 0 radical (unpaired) electrons. The topological polar surface area (TPSA) is 63.9 Å². The van der Waals surface area contributed by atoms with Gasteiger partial charge in [0.15, 0.2) is 0 Å². The molecule has 3 N–H and O–H groups in total. The Morgan fingerprint density at radius 2 is 2.60 bits per heavy atom. The zero-order valence-electron chi connectivity index (χ0n) is 5.71. The summed E-state index contributed by atoms with van der Waals surface area (Å²) in [6, 6.07) is 0. The highest BCUT2D eigenvalue weighted by Crippen LogP contribution is 1.93. The number of imidazole rings is 1. The minimum atomic E-state index is 0.584. The number of rotatable bonds is 4. The molecule has 1 aromatic heterocycles. The van der Waals surface area contributed by atoms with E-state index in [1.165, 1.54) is 0 Å². The second-order valence-corrected chi connectivity index (χ2v) is 2.01. The maximum Gasteiger partial charge on any atom is 0.106 e. The lowest BCUT2D eigenvalue weighted by atomic mass is 10.3. The molecule has 0 unspecified atom stereocenters. The van der Waals surface area contributed by atoms with Crippen LogP contribution in [0.3, 0.4) is 0 Å². The molecule has 10 heavy (non-hydrogen) atoms. The number of nitrogens with zero attached hydrogens (tertiary/aromatic N) is 1. The van der Waals surface area contributed by atoms with Crippen molar-refractivity contribution in [3.05, 3.63) is 18.2 Å². The number of H-pyrrole nitrogens is 1. The van der Waals surface area contributed by atoms with E-state index in [0.29, 0.717) is 6.61 Å². The molecule has 0 aliphatic rings. The van der Waals surface area contributed by atoms with Crippen LogP contribution in [0.1, 0.15) is 12.2 Å². The molecule has 0 bridgehead atoms. The highest BCUT2D eigenvalue weighted by Gasteiger charge is 1.92. The van der Waals surface area contributed by atoms with E-state index in [4.69, 9.17) is 5.90 Å². The highest BCUT2D eigenvalue weighted by molar-refractivity contribution is 4.86. The fourth-order valence-corrected chi connectivity index (χ4v) is 0.758. The Labute approximate surface area is 59.4 Å². The van der Waals surface area contributed by atoms with Gasteiger partial charge in [-0.1, -0.05) is 0 Å². The van der Waals surface area contributed by atoms with E-state index in [9.17, 15) is 0 Å². The van der Waals surface area contributed by atoms with Crippen LogP contribution in [-0.2, 0) is 11.3 Å². The molecule has 0 spiro atoms. The highest BCUT2D eigenvalue weighted by atomic mass is 16.6. The lowest BCUT2D eigenvalue weighted by Gasteiger charge is -1.94. The van der Waals surface area contributed by atoms with Gasteiger partial charge in [0.25, 0.3) is 0 Å². The van der Waals surface area contributed by atoms with Gasteiger partial charge in [0.2, 0.25) is 0 Å². The first-order chi connectivity index (χ1) is 4.93. The van der Waals surface area contributed by atoms with Crippen molar-refractivity contribution in [3.63, 3.8) is 0 Å². The van der Waals surface area contributed by atoms with Gasteiger partial charge in [-0.3, -0.25) is 0 Å². The van der Waals surface area contributed by atoms with Crippen molar-refractivity contribution >= 4 is 0 Å². The zero-order chi connectivity index (χ0) is 7.23. The maximum atomic E-state index is 4.84. The summed E-state index contributed by atoms with van der Waals surface area (Å²) in [5, 5.41) is 0. The Morgan fingerprint density at radius 3 is 3.20 bits per heavy atom. The number of aromatic nitrogens is 2. The predicted molar refractivity (Wildman–Crippen MR) is 37.0 cm³/mol. The van der Waals surface area contributed by atoms with E-state index in [-0.39, 0.29) is 0 Å². The van der Waals surface area contributed by atoms with Gasteiger partial charge in [-0.2, -0.15) is 0 Å². The smallest absolute Gasteiger partial charge is 0.106 e. The van der Waals surface area contributed by atoms with Gasteiger partial charge in [0.1, 0.15) is 5.82 Å². The van der Waals surface area contributed by atoms with Gasteiger partial charge < -0.3 is 9.82 Å². The van der Waals surface area contributed by atoms with Gasteiger partial charge in [-0.25, -0.2) is 10.9 Å². The monoisotopic (exact) mass is 141 g/mol. The Balaban J connectivity index is 2.15. The summed E-state index contributed by atoms with van der Waals surface area (Å²) in [5.74, 6) is 5.82. The molecule has 1 rings (SSSR count). The number of nitrogens with two attached hydrogens (primary N) is 1. The van der Waals surface area contributed by atoms with Crippen molar-refractivity contribution in [2.24, 2.45) is 5.90 Å². The SMILES string of the molecule is NOCCCc1ncc[nH]1. The van der Waals surface area contributed by atoms with Crippen molar-refractivity contribution in [2.45, 2.75) is 12.8 Å². The predicted octanol–water partition coefficient (Wildman–Crippen LogP) is 0.233. The van der Waals surface area contributed by atoms with E-state index in [1.807, 2.05) is 0 Å². The van der Waals surface area contributed by atoms with Crippen LogP contribution in [0.4, 0.5) is 0 Å². The molecule has 0 aliphatic carbocycles. The Kier molecular flexibility index (Phi) is 2.92. The minimum absolute atomic E-state index is 0.584. The second kappa shape index (κ2) is 4.03. The van der Waals surface area contributed by atoms with Gasteiger partial charge in [0, 0.05) is 18.8 Å². The third-order valence-corrected chi connectivity index (χ3v) is 1.23. The van der Waals surface area contributed by atoms with Crippen molar-refractivity contribution in [3.8, 4) is 0 Å². The van der Waals surface area contributed by atoms with Crippen LogP contribution >= 0.6 is 0 Å².